The normalized spacial score (nSPS) is 12.8. The SMILES string of the molecule is CCc1c2[nH]c(c1CC)[C+](c1ccccc1)c1[nH]c(c(CC)c1CC)[C+](c1ccccc1)c1ccc([nH]1)[C+](c1ccccc1)c1ccc([nH]1)[C+]2c1ccccc1. The van der Waals surface area contributed by atoms with Crippen molar-refractivity contribution in [3.05, 3.63) is 259 Å². The molecule has 4 N–H and O–H groups in total. The number of H-pyrrole nitrogens is 4. The Morgan fingerprint density at radius 3 is 0.839 bits per heavy atom. The molecule has 0 saturated heterocycles. The van der Waals surface area contributed by atoms with Crippen LogP contribution >= 0.6 is 0 Å². The van der Waals surface area contributed by atoms with Crippen molar-refractivity contribution in [2.75, 3.05) is 0 Å². The maximum atomic E-state index is 4.17. The maximum absolute atomic E-state index is 4.17. The molecule has 272 valence electrons. The fourth-order valence-electron chi connectivity index (χ4n) is 9.10. The highest BCUT2D eigenvalue weighted by Gasteiger charge is 2.43. The summed E-state index contributed by atoms with van der Waals surface area (Å²) in [5.74, 6) is 4.69. The van der Waals surface area contributed by atoms with Crippen molar-refractivity contribution < 1.29 is 0 Å². The highest BCUT2D eigenvalue weighted by Crippen LogP contribution is 2.45. The van der Waals surface area contributed by atoms with Gasteiger partial charge < -0.3 is 19.9 Å². The summed E-state index contributed by atoms with van der Waals surface area (Å²) in [7, 11) is 0. The van der Waals surface area contributed by atoms with Gasteiger partial charge in [-0.05, 0) is 72.8 Å². The number of benzene rings is 4. The van der Waals surface area contributed by atoms with E-state index in [1.54, 1.807) is 0 Å². The number of rotatable bonds is 8. The molecule has 0 atom stereocenters. The van der Waals surface area contributed by atoms with E-state index in [1.165, 1.54) is 79.5 Å². The average molecular weight is 729 g/mol. The summed E-state index contributed by atoms with van der Waals surface area (Å²) >= 11 is 0. The predicted octanol–water partition coefficient (Wildman–Crippen LogP) is 11.6. The van der Waals surface area contributed by atoms with E-state index in [9.17, 15) is 0 Å². The van der Waals surface area contributed by atoms with Crippen molar-refractivity contribution >= 4 is 0 Å². The number of hydrogen-bond donors (Lipinski definition) is 4. The molecule has 8 bridgehead atoms. The van der Waals surface area contributed by atoms with Crippen molar-refractivity contribution in [1.29, 1.82) is 0 Å². The number of aromatic amines is 4. The second kappa shape index (κ2) is 15.0. The highest BCUT2D eigenvalue weighted by molar-refractivity contribution is 5.69. The predicted molar refractivity (Wildman–Crippen MR) is 229 cm³/mol. The lowest BCUT2D eigenvalue weighted by atomic mass is 9.84. The standard InChI is InChI=1S/C52H48N4/c1-5-37-39(7-3)51-48(36-27-19-12-20-28-36)52-40(8-4)38(6-2)50(56-52)47(35-25-17-11-18-26-35)44-32-30-42(54-44)45(33-21-13-9-14-22-33)41-29-31-43(53-41)46(49(37)55-51)34-23-15-10-16-24-34/h9-32,53-56H,5-8H2,1-4H3/q+4. The van der Waals surface area contributed by atoms with Crippen LogP contribution in [0.15, 0.2) is 146 Å². The van der Waals surface area contributed by atoms with Gasteiger partial charge in [0.2, 0.25) is 0 Å². The van der Waals surface area contributed by atoms with Crippen LogP contribution in [0.5, 0.6) is 0 Å². The van der Waals surface area contributed by atoms with Crippen LogP contribution in [0.2, 0.25) is 0 Å². The first-order valence-electron chi connectivity index (χ1n) is 20.2. The highest BCUT2D eigenvalue weighted by atomic mass is 14.9. The van der Waals surface area contributed by atoms with Gasteiger partial charge >= 0.3 is 0 Å². The van der Waals surface area contributed by atoms with Crippen molar-refractivity contribution in [2.45, 2.75) is 53.4 Å². The number of hydrogen-bond acceptors (Lipinski definition) is 0. The minimum absolute atomic E-state index is 0.899. The molecule has 0 aliphatic carbocycles. The van der Waals surface area contributed by atoms with Gasteiger partial charge in [0.15, 0.2) is 0 Å². The lowest BCUT2D eigenvalue weighted by molar-refractivity contribution is 0.983. The van der Waals surface area contributed by atoms with Crippen LogP contribution in [0.3, 0.4) is 0 Å². The summed E-state index contributed by atoms with van der Waals surface area (Å²) in [6.07, 6.45) is 3.60. The van der Waals surface area contributed by atoms with E-state index in [0.29, 0.717) is 0 Å². The Morgan fingerprint density at radius 2 is 0.536 bits per heavy atom. The van der Waals surface area contributed by atoms with E-state index >= 15 is 0 Å². The molecule has 0 radical (unpaired) electrons. The van der Waals surface area contributed by atoms with Gasteiger partial charge in [-0.3, -0.25) is 0 Å². The smallest absolute Gasteiger partial charge is 0.130 e. The second-order valence-electron chi connectivity index (χ2n) is 14.6. The lowest BCUT2D eigenvalue weighted by Gasteiger charge is -2.14. The summed E-state index contributed by atoms with van der Waals surface area (Å²) < 4.78 is 0. The van der Waals surface area contributed by atoms with Crippen molar-refractivity contribution in [2.24, 2.45) is 0 Å². The molecule has 1 aliphatic rings. The molecule has 4 heteroatoms. The zero-order chi connectivity index (χ0) is 38.2. The number of nitrogens with one attached hydrogen (secondary N) is 4. The van der Waals surface area contributed by atoms with Crippen molar-refractivity contribution in [3.63, 3.8) is 0 Å². The molecule has 8 aromatic rings. The number of fused-ring (bicyclic) bond motifs is 8. The van der Waals surface area contributed by atoms with Gasteiger partial charge in [0.1, 0.15) is 69.2 Å². The Morgan fingerprint density at radius 1 is 0.286 bits per heavy atom. The third-order valence-corrected chi connectivity index (χ3v) is 11.5. The molecule has 5 heterocycles. The average Bonchev–Trinajstić information content (AvgIpc) is 4.06. The van der Waals surface area contributed by atoms with E-state index in [4.69, 9.17) is 0 Å². The van der Waals surface area contributed by atoms with E-state index < -0.39 is 0 Å². The zero-order valence-electron chi connectivity index (χ0n) is 32.7. The second-order valence-corrected chi connectivity index (χ2v) is 14.6. The molecule has 1 aliphatic heterocycles. The van der Waals surface area contributed by atoms with Gasteiger partial charge in [-0.1, -0.05) is 27.7 Å². The minimum Gasteiger partial charge on any atom is -0.327 e. The first kappa shape index (κ1) is 35.2. The van der Waals surface area contributed by atoms with Crippen LogP contribution in [0.4, 0.5) is 0 Å². The molecule has 0 spiro atoms. The Hall–Kier alpha value is -6.52. The fourth-order valence-corrected chi connectivity index (χ4v) is 9.10. The van der Waals surface area contributed by atoms with Crippen LogP contribution in [0.25, 0.3) is 0 Å². The summed E-state index contributed by atoms with van der Waals surface area (Å²) in [4.78, 5) is 16.3. The van der Waals surface area contributed by atoms with Crippen LogP contribution in [0.1, 0.15) is 118 Å². The third-order valence-electron chi connectivity index (χ3n) is 11.5. The summed E-state index contributed by atoms with van der Waals surface area (Å²) in [6.45, 7) is 9.21. The Bertz CT molecular complexity index is 2390. The van der Waals surface area contributed by atoms with E-state index in [2.05, 4.69) is 193 Å². The van der Waals surface area contributed by atoms with E-state index in [1.807, 2.05) is 0 Å². The van der Waals surface area contributed by atoms with Crippen molar-refractivity contribution in [3.8, 4) is 0 Å². The van der Waals surface area contributed by atoms with Crippen LogP contribution in [-0.4, -0.2) is 19.9 Å². The van der Waals surface area contributed by atoms with E-state index in [0.717, 1.165) is 59.9 Å². The maximum Gasteiger partial charge on any atom is 0.130 e. The molecule has 0 amide bonds. The van der Waals surface area contributed by atoms with Gasteiger partial charge in [-0.15, -0.1) is 0 Å². The zero-order valence-corrected chi connectivity index (χ0v) is 32.7. The Kier molecular flexibility index (Phi) is 9.40. The molecule has 4 aromatic heterocycles. The molecule has 0 saturated carbocycles. The summed E-state index contributed by atoms with van der Waals surface area (Å²) in [6, 6.07) is 52.5. The first-order chi connectivity index (χ1) is 27.6. The molecule has 0 unspecified atom stereocenters. The monoisotopic (exact) mass is 728 g/mol. The van der Waals surface area contributed by atoms with Crippen LogP contribution in [-0.2, 0) is 25.7 Å². The minimum atomic E-state index is 0.899. The van der Waals surface area contributed by atoms with Gasteiger partial charge in [-0.25, -0.2) is 0 Å². The Labute approximate surface area is 331 Å². The Balaban J connectivity index is 1.41. The van der Waals surface area contributed by atoms with E-state index in [-0.39, 0.29) is 0 Å². The van der Waals surface area contributed by atoms with Gasteiger partial charge in [0.25, 0.3) is 0 Å². The van der Waals surface area contributed by atoms with Crippen LogP contribution in [0, 0.1) is 23.7 Å². The molecule has 0 fully saturated rings. The fraction of sp³-hybridized carbons (Fsp3) is 0.154. The molecule has 4 aromatic carbocycles. The largest absolute Gasteiger partial charge is 0.327 e. The number of aromatic nitrogens is 4. The summed E-state index contributed by atoms with van der Waals surface area (Å²) in [5.41, 5.74) is 19.1. The van der Waals surface area contributed by atoms with Crippen molar-refractivity contribution in [1.82, 2.24) is 19.9 Å². The van der Waals surface area contributed by atoms with Crippen LogP contribution < -0.4 is 0 Å². The topological polar surface area (TPSA) is 63.2 Å². The lowest BCUT2D eigenvalue weighted by Crippen LogP contribution is -2.13. The molecular weight excluding hydrogens is 681 g/mol. The summed E-state index contributed by atoms with van der Waals surface area (Å²) in [5, 5.41) is 0. The molecule has 56 heavy (non-hydrogen) atoms. The molecular formula is C52H48N4+4. The van der Waals surface area contributed by atoms with Gasteiger partial charge in [0, 0.05) is 74.2 Å². The molecule has 9 rings (SSSR count). The quantitative estimate of drug-likeness (QED) is 0.113. The van der Waals surface area contributed by atoms with Gasteiger partial charge in [-0.2, -0.15) is 0 Å². The first-order valence-corrected chi connectivity index (χ1v) is 20.2. The third kappa shape index (κ3) is 5.93. The molecule has 4 nitrogen and oxygen atoms in total. The van der Waals surface area contributed by atoms with Gasteiger partial charge in [0.05, 0.1) is 68.8 Å².